The number of nitrogens with two attached hydrogens (primary N) is 2. The fraction of sp³-hybridized carbons (Fsp3) is 0.500. The number of aliphatic hydroxyl groups is 1. The molecule has 2 heterocycles. The van der Waals surface area contributed by atoms with Gasteiger partial charge in [-0.1, -0.05) is 0 Å². The first kappa shape index (κ1) is 13.6. The second-order valence-corrected chi connectivity index (χ2v) is 6.02. The van der Waals surface area contributed by atoms with Crippen molar-refractivity contribution in [3.63, 3.8) is 0 Å². The Bertz CT molecular complexity index is 559. The number of amides is 1. The van der Waals surface area contributed by atoms with Gasteiger partial charge in [0.2, 0.25) is 0 Å². The van der Waals surface area contributed by atoms with Crippen LogP contribution >= 0.6 is 11.3 Å². The number of nitriles is 1. The van der Waals surface area contributed by atoms with Crippen molar-refractivity contribution < 1.29 is 9.90 Å². The molecule has 5 N–H and O–H groups in total. The number of hydrogen-bond acceptors (Lipinski definition) is 6. The van der Waals surface area contributed by atoms with Gasteiger partial charge >= 0.3 is 0 Å². The molecule has 0 aromatic carbocycles. The van der Waals surface area contributed by atoms with E-state index in [4.69, 9.17) is 16.7 Å². The molecule has 1 unspecified atom stereocenters. The van der Waals surface area contributed by atoms with Crippen LogP contribution in [0.4, 0.5) is 10.7 Å². The Morgan fingerprint density at radius 3 is 2.84 bits per heavy atom. The monoisotopic (exact) mass is 280 g/mol. The topological polar surface area (TPSA) is 116 Å². The van der Waals surface area contributed by atoms with Gasteiger partial charge in [-0.15, -0.1) is 11.3 Å². The Labute approximate surface area is 115 Å². The fourth-order valence-electron chi connectivity index (χ4n) is 2.37. The number of carbonyl (C=O) groups excluding carboxylic acids is 1. The summed E-state index contributed by atoms with van der Waals surface area (Å²) < 4.78 is 0. The molecule has 2 rings (SSSR count). The molecule has 7 heteroatoms. The minimum atomic E-state index is -0.807. The third-order valence-electron chi connectivity index (χ3n) is 3.24. The summed E-state index contributed by atoms with van der Waals surface area (Å²) in [5, 5.41) is 19.7. The van der Waals surface area contributed by atoms with Crippen molar-refractivity contribution in [2.75, 3.05) is 23.7 Å². The first-order chi connectivity index (χ1) is 8.85. The van der Waals surface area contributed by atoms with Crippen molar-refractivity contribution in [2.45, 2.75) is 25.4 Å². The van der Waals surface area contributed by atoms with Crippen LogP contribution in [-0.2, 0) is 0 Å². The predicted octanol–water partition coefficient (Wildman–Crippen LogP) is 0.652. The van der Waals surface area contributed by atoms with E-state index in [0.717, 1.165) is 17.8 Å². The van der Waals surface area contributed by atoms with Gasteiger partial charge in [0.1, 0.15) is 15.9 Å². The van der Waals surface area contributed by atoms with Crippen molar-refractivity contribution in [1.29, 1.82) is 5.26 Å². The number of anilines is 2. The minimum absolute atomic E-state index is 0.139. The lowest BCUT2D eigenvalue weighted by Gasteiger charge is -2.37. The number of nitrogens with zero attached hydrogens (tertiary/aromatic N) is 2. The van der Waals surface area contributed by atoms with E-state index in [9.17, 15) is 9.90 Å². The van der Waals surface area contributed by atoms with E-state index in [1.165, 1.54) is 0 Å². The molecule has 1 aliphatic heterocycles. The highest BCUT2D eigenvalue weighted by atomic mass is 32.1. The van der Waals surface area contributed by atoms with E-state index < -0.39 is 11.5 Å². The second kappa shape index (κ2) is 4.72. The van der Waals surface area contributed by atoms with Crippen LogP contribution in [0.5, 0.6) is 0 Å². The van der Waals surface area contributed by atoms with Gasteiger partial charge < -0.3 is 21.5 Å². The number of thiophene rings is 1. The Balaban J connectivity index is 2.45. The van der Waals surface area contributed by atoms with Crippen LogP contribution in [0.1, 0.15) is 35.0 Å². The number of hydrogen-bond donors (Lipinski definition) is 3. The Morgan fingerprint density at radius 1 is 1.63 bits per heavy atom. The maximum absolute atomic E-state index is 11.5. The SMILES string of the molecule is CC1(O)CCCN(c2sc(C#N)c(N)c2C(N)=O)C1. The summed E-state index contributed by atoms with van der Waals surface area (Å²) in [5.41, 5.74) is 10.7. The van der Waals surface area contributed by atoms with Gasteiger partial charge in [0.25, 0.3) is 5.91 Å². The highest BCUT2D eigenvalue weighted by Gasteiger charge is 2.32. The largest absolute Gasteiger partial charge is 0.396 e. The predicted molar refractivity (Wildman–Crippen MR) is 74.0 cm³/mol. The smallest absolute Gasteiger partial charge is 0.253 e. The molecule has 1 aromatic heterocycles. The van der Waals surface area contributed by atoms with Gasteiger partial charge in [0.15, 0.2) is 0 Å². The summed E-state index contributed by atoms with van der Waals surface area (Å²) in [5.74, 6) is -0.643. The fourth-order valence-corrected chi connectivity index (χ4v) is 3.42. The zero-order valence-corrected chi connectivity index (χ0v) is 11.5. The molecule has 0 spiro atoms. The quantitative estimate of drug-likeness (QED) is 0.735. The van der Waals surface area contributed by atoms with E-state index in [1.54, 1.807) is 6.92 Å². The maximum atomic E-state index is 11.5. The molecule has 1 fully saturated rings. The lowest BCUT2D eigenvalue weighted by molar-refractivity contribution is 0.0450. The molecule has 1 aromatic rings. The summed E-state index contributed by atoms with van der Waals surface area (Å²) in [6, 6.07) is 1.97. The number of carbonyl (C=O) groups is 1. The van der Waals surface area contributed by atoms with E-state index >= 15 is 0 Å². The minimum Gasteiger partial charge on any atom is -0.396 e. The number of nitrogen functional groups attached to an aromatic ring is 1. The van der Waals surface area contributed by atoms with Crippen LogP contribution in [0.25, 0.3) is 0 Å². The zero-order chi connectivity index (χ0) is 14.2. The van der Waals surface area contributed by atoms with Gasteiger partial charge in [-0.25, -0.2) is 0 Å². The van der Waals surface area contributed by atoms with Crippen molar-refractivity contribution in [3.05, 3.63) is 10.4 Å². The number of primary amides is 1. The Hall–Kier alpha value is -1.78. The van der Waals surface area contributed by atoms with Crippen LogP contribution in [0.15, 0.2) is 0 Å². The van der Waals surface area contributed by atoms with Gasteiger partial charge in [-0.2, -0.15) is 5.26 Å². The van der Waals surface area contributed by atoms with Gasteiger partial charge in [-0.05, 0) is 19.8 Å². The highest BCUT2D eigenvalue weighted by molar-refractivity contribution is 7.17. The van der Waals surface area contributed by atoms with Gasteiger partial charge in [0, 0.05) is 13.1 Å². The van der Waals surface area contributed by atoms with E-state index in [1.807, 2.05) is 11.0 Å². The molecule has 1 aliphatic rings. The van der Waals surface area contributed by atoms with Crippen LogP contribution < -0.4 is 16.4 Å². The molecular formula is C12H16N4O2S. The van der Waals surface area contributed by atoms with Gasteiger partial charge in [-0.3, -0.25) is 4.79 Å². The molecular weight excluding hydrogens is 264 g/mol. The van der Waals surface area contributed by atoms with Crippen molar-refractivity contribution in [2.24, 2.45) is 5.73 Å². The lowest BCUT2D eigenvalue weighted by Crippen LogP contribution is -2.46. The van der Waals surface area contributed by atoms with Gasteiger partial charge in [0.05, 0.1) is 16.9 Å². The summed E-state index contributed by atoms with van der Waals surface area (Å²) in [4.78, 5) is 13.7. The second-order valence-electron chi connectivity index (χ2n) is 5.02. The third-order valence-corrected chi connectivity index (χ3v) is 4.41. The molecule has 1 saturated heterocycles. The molecule has 1 atom stereocenters. The summed E-state index contributed by atoms with van der Waals surface area (Å²) in [6.07, 6.45) is 1.52. The molecule has 0 saturated carbocycles. The van der Waals surface area contributed by atoms with Crippen molar-refractivity contribution >= 4 is 27.9 Å². The number of rotatable bonds is 2. The standard InChI is InChI=1S/C12H16N4O2S/c1-12(18)3-2-4-16(6-12)11-8(10(15)17)9(14)7(5-13)19-11/h18H,2-4,6,14H2,1H3,(H2,15,17). The van der Waals surface area contributed by atoms with E-state index in [0.29, 0.717) is 24.5 Å². The van der Waals surface area contributed by atoms with Crippen LogP contribution in [0.3, 0.4) is 0 Å². The van der Waals surface area contributed by atoms with Crippen molar-refractivity contribution in [3.8, 4) is 6.07 Å². The molecule has 0 bridgehead atoms. The summed E-state index contributed by atoms with van der Waals surface area (Å²) in [7, 11) is 0. The van der Waals surface area contributed by atoms with Crippen LogP contribution in [0, 0.1) is 11.3 Å². The average molecular weight is 280 g/mol. The molecule has 0 radical (unpaired) electrons. The molecule has 1 amide bonds. The first-order valence-electron chi connectivity index (χ1n) is 5.95. The number of piperidine rings is 1. The molecule has 6 nitrogen and oxygen atoms in total. The normalized spacial score (nSPS) is 23.1. The van der Waals surface area contributed by atoms with Crippen LogP contribution in [-0.4, -0.2) is 29.7 Å². The third kappa shape index (κ3) is 2.50. The van der Waals surface area contributed by atoms with E-state index in [2.05, 4.69) is 0 Å². The molecule has 102 valence electrons. The zero-order valence-electron chi connectivity index (χ0n) is 10.6. The molecule has 0 aliphatic carbocycles. The maximum Gasteiger partial charge on any atom is 0.253 e. The summed E-state index contributed by atoms with van der Waals surface area (Å²) in [6.45, 7) is 2.87. The first-order valence-corrected chi connectivity index (χ1v) is 6.77. The summed E-state index contributed by atoms with van der Waals surface area (Å²) >= 11 is 1.15. The van der Waals surface area contributed by atoms with Crippen molar-refractivity contribution in [1.82, 2.24) is 0 Å². The lowest BCUT2D eigenvalue weighted by atomic mass is 9.95. The van der Waals surface area contributed by atoms with Crippen LogP contribution in [0.2, 0.25) is 0 Å². The average Bonchev–Trinajstić information content (AvgIpc) is 2.65. The number of β-amino-alcohol motifs (C(OH)–C–C–N with tert-alkyl or cyclic N) is 1. The van der Waals surface area contributed by atoms with E-state index in [-0.39, 0.29) is 16.1 Å². The Morgan fingerprint density at radius 2 is 2.32 bits per heavy atom. The Kier molecular flexibility index (Phi) is 3.39. The molecule has 19 heavy (non-hydrogen) atoms. The highest BCUT2D eigenvalue weighted by Crippen LogP contribution is 2.39.